The fourth-order valence-electron chi connectivity index (χ4n) is 1.68. The van der Waals surface area contributed by atoms with Crippen LogP contribution in [0.1, 0.15) is 18.1 Å². The minimum absolute atomic E-state index is 0.431. The molecule has 0 aliphatic heterocycles. The first kappa shape index (κ1) is 20.9. The van der Waals surface area contributed by atoms with E-state index in [1.54, 1.807) is 12.1 Å². The molecule has 1 aromatic carbocycles. The Balaban J connectivity index is 3.47. The first-order valence-corrected chi connectivity index (χ1v) is 8.99. The molecule has 0 radical (unpaired) electrons. The van der Waals surface area contributed by atoms with Crippen LogP contribution in [0.3, 0.4) is 0 Å². The lowest BCUT2D eigenvalue weighted by molar-refractivity contribution is 0.597. The Morgan fingerprint density at radius 2 is 1.24 bits per heavy atom. The number of rotatable bonds is 4. The van der Waals surface area contributed by atoms with Crippen LogP contribution in [-0.4, -0.2) is 12.5 Å². The van der Waals surface area contributed by atoms with Crippen molar-refractivity contribution >= 4 is 104 Å². The molecular formula is C12H9Cl9. The molecule has 0 amide bonds. The lowest BCUT2D eigenvalue weighted by Gasteiger charge is -2.44. The summed E-state index contributed by atoms with van der Waals surface area (Å²) in [5.74, 6) is 0. The molecule has 0 heterocycles. The highest BCUT2D eigenvalue weighted by atomic mass is 35.6. The van der Waals surface area contributed by atoms with Gasteiger partial charge in [0.05, 0.1) is 0 Å². The van der Waals surface area contributed by atoms with E-state index in [0.29, 0.717) is 12.0 Å². The molecule has 0 unspecified atom stereocenters. The zero-order chi connectivity index (χ0) is 16.7. The Hall–Kier alpha value is 1.83. The number of benzene rings is 1. The second kappa shape index (κ2) is 6.98. The number of aryl methyl sites for hydroxylation is 1. The molecule has 0 saturated heterocycles. The van der Waals surface area contributed by atoms with Gasteiger partial charge in [-0.25, -0.2) is 0 Å². The molecule has 0 N–H and O–H groups in total. The molecule has 0 aromatic heterocycles. The average molecular weight is 472 g/mol. The summed E-state index contributed by atoms with van der Waals surface area (Å²) in [4.78, 5) is 0. The summed E-state index contributed by atoms with van der Waals surface area (Å²) in [6.45, 7) is 1.91. The van der Waals surface area contributed by atoms with Crippen LogP contribution in [0.4, 0.5) is 0 Å². The smallest absolute Gasteiger partial charge is 0.0943 e. The van der Waals surface area contributed by atoms with Gasteiger partial charge in [0.15, 0.2) is 8.67 Å². The Morgan fingerprint density at radius 3 is 1.67 bits per heavy atom. The quantitative estimate of drug-likeness (QED) is 0.396. The van der Waals surface area contributed by atoms with Gasteiger partial charge < -0.3 is 0 Å². The molecule has 120 valence electrons. The van der Waals surface area contributed by atoms with E-state index in [0.717, 1.165) is 5.56 Å². The predicted octanol–water partition coefficient (Wildman–Crippen LogP) is 7.60. The first-order chi connectivity index (χ1) is 9.30. The largest absolute Gasteiger partial charge is 0.226 e. The van der Waals surface area contributed by atoms with Crippen LogP contribution in [0.2, 0.25) is 0 Å². The Morgan fingerprint density at radius 1 is 0.762 bits per heavy atom. The highest BCUT2D eigenvalue weighted by Crippen LogP contribution is 2.65. The third-order valence-corrected chi connectivity index (χ3v) is 8.33. The van der Waals surface area contributed by atoms with Crippen LogP contribution in [0.25, 0.3) is 0 Å². The maximum atomic E-state index is 6.38. The van der Waals surface area contributed by atoms with Crippen molar-refractivity contribution in [3.05, 3.63) is 35.4 Å². The molecule has 0 spiro atoms. The van der Waals surface area contributed by atoms with E-state index in [-0.39, 0.29) is 0 Å². The zero-order valence-corrected chi connectivity index (χ0v) is 17.2. The van der Waals surface area contributed by atoms with Gasteiger partial charge in [-0.05, 0) is 17.5 Å². The second-order valence-corrected chi connectivity index (χ2v) is 10.5. The van der Waals surface area contributed by atoms with E-state index >= 15 is 0 Å². The summed E-state index contributed by atoms with van der Waals surface area (Å²) in [6.07, 6.45) is 0.632. The van der Waals surface area contributed by atoms with E-state index < -0.39 is 16.8 Å². The van der Waals surface area contributed by atoms with Crippen LogP contribution in [-0.2, 0) is 10.8 Å². The van der Waals surface area contributed by atoms with Crippen molar-refractivity contribution in [2.45, 2.75) is 30.1 Å². The number of halogens is 9. The molecule has 0 aliphatic carbocycles. The summed E-state index contributed by atoms with van der Waals surface area (Å²) in [5, 5.41) is 0. The van der Waals surface area contributed by atoms with Gasteiger partial charge in [0, 0.05) is 0 Å². The van der Waals surface area contributed by atoms with Crippen molar-refractivity contribution in [1.82, 2.24) is 0 Å². The summed E-state index contributed by atoms with van der Waals surface area (Å²) in [7, 11) is 0. The SMILES string of the molecule is CCc1ccccc1C(Cl)(Cl)C(Cl)(Cl)C(Cl)(Cl)C(Cl)(Cl)Cl. The molecule has 0 saturated carbocycles. The summed E-state index contributed by atoms with van der Waals surface area (Å²) in [6, 6.07) is 7.01. The highest BCUT2D eigenvalue weighted by molar-refractivity contribution is 6.80. The van der Waals surface area contributed by atoms with E-state index in [4.69, 9.17) is 104 Å². The molecule has 9 heteroatoms. The Bertz CT molecular complexity index is 502. The molecule has 21 heavy (non-hydrogen) atoms. The van der Waals surface area contributed by atoms with Gasteiger partial charge in [0.2, 0.25) is 8.13 Å². The van der Waals surface area contributed by atoms with Gasteiger partial charge in [-0.1, -0.05) is 136 Å². The van der Waals surface area contributed by atoms with Crippen LogP contribution in [0, 0.1) is 0 Å². The van der Waals surface area contributed by atoms with Gasteiger partial charge in [-0.15, -0.1) is 0 Å². The summed E-state index contributed by atoms with van der Waals surface area (Å²) >= 11 is 54.7. The van der Waals surface area contributed by atoms with Crippen molar-refractivity contribution in [1.29, 1.82) is 0 Å². The standard InChI is InChI=1S/C12H9Cl9/c1-2-7-5-3-4-6-8(7)9(13,14)10(15,16)11(17,18)12(19,20)21/h3-6H,2H2,1H3. The van der Waals surface area contributed by atoms with E-state index in [2.05, 4.69) is 0 Å². The highest BCUT2D eigenvalue weighted by Gasteiger charge is 2.68. The average Bonchev–Trinajstić information content (AvgIpc) is 2.36. The van der Waals surface area contributed by atoms with Gasteiger partial charge in [0.25, 0.3) is 0 Å². The normalized spacial score (nSPS) is 14.4. The molecule has 1 rings (SSSR count). The number of hydrogen-bond acceptors (Lipinski definition) is 0. The third-order valence-electron chi connectivity index (χ3n) is 2.88. The maximum absolute atomic E-state index is 6.38. The summed E-state index contributed by atoms with van der Waals surface area (Å²) < 4.78 is -8.65. The fourth-order valence-corrected chi connectivity index (χ4v) is 4.01. The van der Waals surface area contributed by atoms with Crippen molar-refractivity contribution in [3.63, 3.8) is 0 Å². The van der Waals surface area contributed by atoms with Crippen molar-refractivity contribution in [2.24, 2.45) is 0 Å². The molecule has 0 bridgehead atoms. The van der Waals surface area contributed by atoms with Crippen LogP contribution >= 0.6 is 104 Å². The molecule has 0 fully saturated rings. The lowest BCUT2D eigenvalue weighted by Crippen LogP contribution is -2.55. The minimum Gasteiger partial charge on any atom is -0.0943 e. The van der Waals surface area contributed by atoms with Gasteiger partial charge in [0.1, 0.15) is 0 Å². The Kier molecular flexibility index (Phi) is 6.94. The zero-order valence-electron chi connectivity index (χ0n) is 10.4. The molecular weight excluding hydrogens is 463 g/mol. The number of alkyl halides is 9. The van der Waals surface area contributed by atoms with E-state index in [1.165, 1.54) is 0 Å². The van der Waals surface area contributed by atoms with Crippen molar-refractivity contribution in [3.8, 4) is 0 Å². The van der Waals surface area contributed by atoms with Crippen molar-refractivity contribution < 1.29 is 0 Å². The second-order valence-electron chi connectivity index (χ2n) is 4.23. The lowest BCUT2D eigenvalue weighted by atomic mass is 9.98. The van der Waals surface area contributed by atoms with Gasteiger partial charge in [-0.2, -0.15) is 0 Å². The molecule has 1 aromatic rings. The Labute approximate surface area is 168 Å². The molecule has 0 nitrogen and oxygen atoms in total. The maximum Gasteiger partial charge on any atom is 0.226 e. The fraction of sp³-hybridized carbons (Fsp3) is 0.500. The third kappa shape index (κ3) is 3.75. The monoisotopic (exact) mass is 468 g/mol. The number of hydrogen-bond donors (Lipinski definition) is 0. The topological polar surface area (TPSA) is 0 Å². The predicted molar refractivity (Wildman–Crippen MR) is 98.4 cm³/mol. The van der Waals surface area contributed by atoms with E-state index in [9.17, 15) is 0 Å². The van der Waals surface area contributed by atoms with Crippen LogP contribution in [0.15, 0.2) is 24.3 Å². The molecule has 0 aliphatic rings. The van der Waals surface area contributed by atoms with Gasteiger partial charge >= 0.3 is 0 Å². The van der Waals surface area contributed by atoms with Gasteiger partial charge in [-0.3, -0.25) is 0 Å². The summed E-state index contributed by atoms with van der Waals surface area (Å²) in [5.41, 5.74) is 1.24. The molecule has 0 atom stereocenters. The van der Waals surface area contributed by atoms with E-state index in [1.807, 2.05) is 19.1 Å². The van der Waals surface area contributed by atoms with Crippen LogP contribution in [0.5, 0.6) is 0 Å². The van der Waals surface area contributed by atoms with Crippen molar-refractivity contribution in [2.75, 3.05) is 0 Å². The minimum atomic E-state index is -2.28. The van der Waals surface area contributed by atoms with Crippen LogP contribution < -0.4 is 0 Å². The first-order valence-electron chi connectivity index (χ1n) is 5.59.